The van der Waals surface area contributed by atoms with Crippen LogP contribution in [0.2, 0.25) is 0 Å². The van der Waals surface area contributed by atoms with Crippen LogP contribution < -0.4 is 0 Å². The van der Waals surface area contributed by atoms with Crippen LogP contribution in [0.15, 0.2) is 0 Å². The molecule has 0 saturated heterocycles. The van der Waals surface area contributed by atoms with E-state index in [1.165, 1.54) is 308 Å². The molecule has 5 heteroatoms. The van der Waals surface area contributed by atoms with Crippen molar-refractivity contribution in [1.29, 1.82) is 0 Å². The van der Waals surface area contributed by atoms with Crippen molar-refractivity contribution in [2.24, 2.45) is 0 Å². The van der Waals surface area contributed by atoms with Crippen LogP contribution in [0.1, 0.15) is 364 Å². The predicted molar refractivity (Wildman–Crippen MR) is 319 cm³/mol. The summed E-state index contributed by atoms with van der Waals surface area (Å²) in [5.74, 6) is 0. The summed E-state index contributed by atoms with van der Waals surface area (Å²) in [5, 5.41) is 18.4. The molecule has 0 heterocycles. The van der Waals surface area contributed by atoms with Gasteiger partial charge in [0.05, 0.1) is 0 Å². The summed E-state index contributed by atoms with van der Waals surface area (Å²) in [6.07, 6.45) is 66.5. The summed E-state index contributed by atoms with van der Waals surface area (Å²) in [4.78, 5) is 0. The van der Waals surface area contributed by atoms with E-state index < -0.39 is 0 Å². The second kappa shape index (κ2) is 85.3. The molecule has 0 spiro atoms. The van der Waals surface area contributed by atoms with Gasteiger partial charge in [0.15, 0.2) is 0 Å². The molecule has 0 aromatic rings. The Morgan fingerprint density at radius 2 is 0.217 bits per heavy atom. The molecule has 0 unspecified atom stereocenters. The Hall–Kier alpha value is 0.554. The zero-order chi connectivity index (χ0) is 50.4. The standard InChI is InChI=1S/4C16H34N.Ti/c4*1-3-5-7-9-11-13-15-17-16-14-12-10-8-6-4-2;/h4*3-16H2,1-2H3;/q4*-1;+4. The summed E-state index contributed by atoms with van der Waals surface area (Å²) >= 11 is 0. The molecule has 0 atom stereocenters. The van der Waals surface area contributed by atoms with Gasteiger partial charge in [-0.2, -0.15) is 0 Å². The molecule has 0 fully saturated rings. The Bertz CT molecular complexity index is 562. The van der Waals surface area contributed by atoms with Crippen LogP contribution in [0.4, 0.5) is 0 Å². The molecule has 4 nitrogen and oxygen atoms in total. The van der Waals surface area contributed by atoms with Crippen LogP contribution in [-0.2, 0) is 21.7 Å². The van der Waals surface area contributed by atoms with Crippen LogP contribution >= 0.6 is 0 Å². The molecule has 0 aliphatic heterocycles. The van der Waals surface area contributed by atoms with Crippen molar-refractivity contribution in [1.82, 2.24) is 0 Å². The number of unbranched alkanes of at least 4 members (excludes halogenated alkanes) is 40. The maximum atomic E-state index is 4.61. The molecule has 416 valence electrons. The average Bonchev–Trinajstić information content (AvgIpc) is 3.35. The summed E-state index contributed by atoms with van der Waals surface area (Å²) in [6.45, 7) is 27.1. The van der Waals surface area contributed by atoms with Gasteiger partial charge in [0.1, 0.15) is 0 Å². The third-order valence-corrected chi connectivity index (χ3v) is 13.4. The molecule has 0 amide bonds. The topological polar surface area (TPSA) is 56.4 Å². The molecule has 0 aromatic carbocycles. The molecule has 0 rings (SSSR count). The molecule has 0 aliphatic rings. The van der Waals surface area contributed by atoms with E-state index >= 15 is 0 Å². The molecule has 69 heavy (non-hydrogen) atoms. The van der Waals surface area contributed by atoms with E-state index in [1.807, 2.05) is 0 Å². The molecule has 0 aromatic heterocycles. The van der Waals surface area contributed by atoms with E-state index in [4.69, 9.17) is 0 Å². The second-order valence-corrected chi connectivity index (χ2v) is 20.8. The number of hydrogen-bond acceptors (Lipinski definition) is 0. The van der Waals surface area contributed by atoms with Gasteiger partial charge in [-0.15, -0.1) is 52.4 Å². The third kappa shape index (κ3) is 94.9. The quantitative estimate of drug-likeness (QED) is 0.0431. The minimum Gasteiger partial charge on any atom is -0.662 e. The minimum absolute atomic E-state index is 0. The fraction of sp³-hybridized carbons (Fsp3) is 1.00. The van der Waals surface area contributed by atoms with E-state index in [0.717, 1.165) is 52.4 Å². The fourth-order valence-corrected chi connectivity index (χ4v) is 8.48. The normalized spacial score (nSPS) is 10.8. The van der Waals surface area contributed by atoms with Crippen LogP contribution in [0.3, 0.4) is 0 Å². The van der Waals surface area contributed by atoms with Crippen LogP contribution in [0, 0.1) is 0 Å². The molecule has 0 N–H and O–H groups in total. The molecule has 0 saturated carbocycles. The first-order chi connectivity index (χ1) is 33.7. The van der Waals surface area contributed by atoms with Crippen molar-refractivity contribution >= 4 is 0 Å². The molecule has 0 aliphatic carbocycles. The number of rotatable bonds is 56. The molecular weight excluding hydrogens is 873 g/mol. The maximum Gasteiger partial charge on any atom is 4.00 e. The maximum absolute atomic E-state index is 4.61. The summed E-state index contributed by atoms with van der Waals surface area (Å²) < 4.78 is 0. The minimum atomic E-state index is 0. The zero-order valence-corrected chi connectivity index (χ0v) is 51.4. The number of nitrogens with zero attached hydrogens (tertiary/aromatic N) is 4. The van der Waals surface area contributed by atoms with Crippen LogP contribution in [-0.4, -0.2) is 52.4 Å². The first-order valence-corrected chi connectivity index (χ1v) is 32.2. The molecule has 0 bridgehead atoms. The number of hydrogen-bond donors (Lipinski definition) is 0. The largest absolute Gasteiger partial charge is 4.00 e. The SMILES string of the molecule is CCCCCCCC[N-]CCCCCCCC.CCCCCCCC[N-]CCCCCCCC.CCCCCCCC[N-]CCCCCCCC.CCCCCCCC[N-]CCCCCCCC.[Ti+4]. The smallest absolute Gasteiger partial charge is 0.662 e. The van der Waals surface area contributed by atoms with Crippen molar-refractivity contribution in [2.45, 2.75) is 364 Å². The van der Waals surface area contributed by atoms with Crippen molar-refractivity contribution in [3.63, 3.8) is 0 Å². The molecule has 0 radical (unpaired) electrons. The van der Waals surface area contributed by atoms with Crippen molar-refractivity contribution < 1.29 is 21.7 Å². The van der Waals surface area contributed by atoms with Gasteiger partial charge in [-0.3, -0.25) is 0 Å². The van der Waals surface area contributed by atoms with Crippen LogP contribution in [0.5, 0.6) is 0 Å². The van der Waals surface area contributed by atoms with Gasteiger partial charge < -0.3 is 21.3 Å². The average molecular weight is 1010 g/mol. The van der Waals surface area contributed by atoms with Gasteiger partial charge in [-0.25, -0.2) is 0 Å². The van der Waals surface area contributed by atoms with Gasteiger partial charge in [0.2, 0.25) is 0 Å². The Balaban J connectivity index is -0.000000263. The van der Waals surface area contributed by atoms with Crippen molar-refractivity contribution in [2.75, 3.05) is 52.4 Å². The summed E-state index contributed by atoms with van der Waals surface area (Å²) in [6, 6.07) is 0. The van der Waals surface area contributed by atoms with Gasteiger partial charge in [0, 0.05) is 0 Å². The monoisotopic (exact) mass is 1010 g/mol. The van der Waals surface area contributed by atoms with Gasteiger partial charge >= 0.3 is 21.7 Å². The Morgan fingerprint density at radius 3 is 0.319 bits per heavy atom. The summed E-state index contributed by atoms with van der Waals surface area (Å²) in [5.41, 5.74) is 0. The van der Waals surface area contributed by atoms with Gasteiger partial charge in [-0.05, 0) is 0 Å². The second-order valence-electron chi connectivity index (χ2n) is 20.8. The van der Waals surface area contributed by atoms with Crippen molar-refractivity contribution in [3.05, 3.63) is 21.3 Å². The molecular formula is C64H136N4Ti. The van der Waals surface area contributed by atoms with Crippen molar-refractivity contribution in [3.8, 4) is 0 Å². The Kier molecular flexibility index (Phi) is 97.0. The zero-order valence-electron chi connectivity index (χ0n) is 49.9. The van der Waals surface area contributed by atoms with E-state index in [0.29, 0.717) is 0 Å². The van der Waals surface area contributed by atoms with E-state index in [2.05, 4.69) is 76.7 Å². The van der Waals surface area contributed by atoms with E-state index in [1.54, 1.807) is 0 Å². The Morgan fingerprint density at radius 1 is 0.130 bits per heavy atom. The Labute approximate surface area is 456 Å². The predicted octanol–water partition coefficient (Wildman–Crippen LogP) is 24.3. The van der Waals surface area contributed by atoms with E-state index in [-0.39, 0.29) is 21.7 Å². The summed E-state index contributed by atoms with van der Waals surface area (Å²) in [7, 11) is 0. The van der Waals surface area contributed by atoms with E-state index in [9.17, 15) is 0 Å². The van der Waals surface area contributed by atoms with Crippen LogP contribution in [0.25, 0.3) is 21.3 Å². The fourth-order valence-electron chi connectivity index (χ4n) is 8.48. The first-order valence-electron chi connectivity index (χ1n) is 32.2. The van der Waals surface area contributed by atoms with Gasteiger partial charge in [0.25, 0.3) is 0 Å². The van der Waals surface area contributed by atoms with Gasteiger partial charge in [-0.1, -0.05) is 364 Å². The first kappa shape index (κ1) is 78.4. The third-order valence-electron chi connectivity index (χ3n) is 13.4.